The lowest BCUT2D eigenvalue weighted by Crippen LogP contribution is -2.80. The van der Waals surface area contributed by atoms with Crippen molar-refractivity contribution in [2.24, 2.45) is 11.1 Å². The van der Waals surface area contributed by atoms with Gasteiger partial charge in [0.15, 0.2) is 0 Å². The fourth-order valence-electron chi connectivity index (χ4n) is 2.83. The number of hydrogen-bond donors (Lipinski definition) is 2. The van der Waals surface area contributed by atoms with Crippen LogP contribution < -0.4 is 16.0 Å². The van der Waals surface area contributed by atoms with E-state index >= 15 is 0 Å². The molecule has 1 aromatic carbocycles. The molecule has 0 fully saturated rings. The third-order valence-corrected chi connectivity index (χ3v) is 4.64. The summed E-state index contributed by atoms with van der Waals surface area (Å²) in [4.78, 5) is 2.30. The van der Waals surface area contributed by atoms with Crippen LogP contribution in [0.1, 0.15) is 59.9 Å². The first-order chi connectivity index (χ1) is 15.9. The Morgan fingerprint density at radius 2 is 1.61 bits per heavy atom. The number of hydrogen-bond acceptors (Lipinski definition) is 2. The fourth-order valence-corrected chi connectivity index (χ4v) is 2.83. The van der Waals surface area contributed by atoms with Crippen LogP contribution in [0.3, 0.4) is 0 Å². The first-order valence-electron chi connectivity index (χ1n) is 12.4. The number of allylic oxidation sites excluding steroid dienone is 7. The molecule has 3 heteroatoms. The van der Waals surface area contributed by atoms with Gasteiger partial charge in [0.1, 0.15) is 0 Å². The maximum absolute atomic E-state index is 4.89. The van der Waals surface area contributed by atoms with Gasteiger partial charge in [-0.15, -0.1) is 0 Å². The molecular formula is C30H54N3+. The highest BCUT2D eigenvalue weighted by Gasteiger charge is 2.15. The standard InChI is InChI=1S/C13H23N.C9H11N.C4H7N.2C2H6/c1-5-6-7-8-9-10-13(2,3)11-12-14-4;1-10-7-6-8-4-2-3-5-9(8)10;1-2-3-4-5;2*1-2/h5-9,14H,1,10-12H2,2-4H3;2-5H,6-7H2,1H3;2-4H,1,5H2;2*1-2H3/p+1/b7-6+,9-8+;;4-3-;;. The molecule has 4 N–H and O–H groups in total. The predicted molar refractivity (Wildman–Crippen MR) is 154 cm³/mol. The fraction of sp³-hybridized carbons (Fsp3) is 0.467. The molecule has 0 radical (unpaired) electrons. The lowest BCUT2D eigenvalue weighted by Gasteiger charge is -2.21. The molecule has 1 aromatic rings. The molecule has 0 spiro atoms. The van der Waals surface area contributed by atoms with Crippen LogP contribution in [0.15, 0.2) is 86.2 Å². The first-order valence-corrected chi connectivity index (χ1v) is 12.4. The number of anilines is 1. The van der Waals surface area contributed by atoms with E-state index in [2.05, 4.69) is 87.7 Å². The zero-order chi connectivity index (χ0) is 26.0. The van der Waals surface area contributed by atoms with Gasteiger partial charge < -0.3 is 16.0 Å². The maximum Gasteiger partial charge on any atom is 0.0758 e. The Morgan fingerprint density at radius 3 is 2.09 bits per heavy atom. The smallest absolute Gasteiger partial charge is 0.0758 e. The number of fused-ring (bicyclic) bond motifs is 1. The van der Waals surface area contributed by atoms with Gasteiger partial charge in [-0.1, -0.05) is 109 Å². The van der Waals surface area contributed by atoms with Crippen molar-refractivity contribution in [1.82, 2.24) is 0 Å². The summed E-state index contributed by atoms with van der Waals surface area (Å²) in [5.74, 6) is 0. The molecule has 2 rings (SSSR count). The van der Waals surface area contributed by atoms with Crippen LogP contribution in [0.4, 0.5) is 5.69 Å². The van der Waals surface area contributed by atoms with Crippen molar-refractivity contribution in [3.8, 4) is 0 Å². The number of quaternary nitrogens is 1. The average Bonchev–Trinajstić information content (AvgIpc) is 3.22. The summed E-state index contributed by atoms with van der Waals surface area (Å²) < 4.78 is 0. The highest BCUT2D eigenvalue weighted by Crippen LogP contribution is 2.25. The highest BCUT2D eigenvalue weighted by molar-refractivity contribution is 5.56. The van der Waals surface area contributed by atoms with Crippen LogP contribution in [0, 0.1) is 5.41 Å². The van der Waals surface area contributed by atoms with Crippen LogP contribution in [0.25, 0.3) is 0 Å². The molecule has 0 saturated carbocycles. The van der Waals surface area contributed by atoms with Crippen molar-refractivity contribution in [1.29, 1.82) is 0 Å². The second-order valence-corrected chi connectivity index (χ2v) is 7.78. The lowest BCUT2D eigenvalue weighted by atomic mass is 9.85. The van der Waals surface area contributed by atoms with Crippen molar-refractivity contribution in [3.63, 3.8) is 0 Å². The molecular weight excluding hydrogens is 402 g/mol. The Labute approximate surface area is 206 Å². The van der Waals surface area contributed by atoms with Crippen LogP contribution in [0.5, 0.6) is 0 Å². The Bertz CT molecular complexity index is 654. The van der Waals surface area contributed by atoms with Crippen LogP contribution >= 0.6 is 0 Å². The van der Waals surface area contributed by atoms with E-state index in [9.17, 15) is 0 Å². The number of para-hydroxylation sites is 1. The summed E-state index contributed by atoms with van der Waals surface area (Å²) in [5, 5.41) is 2.24. The van der Waals surface area contributed by atoms with E-state index in [4.69, 9.17) is 5.73 Å². The van der Waals surface area contributed by atoms with E-state index in [0.29, 0.717) is 5.41 Å². The van der Waals surface area contributed by atoms with Gasteiger partial charge in [0.05, 0.1) is 13.6 Å². The van der Waals surface area contributed by atoms with Gasteiger partial charge in [0.25, 0.3) is 0 Å². The molecule has 33 heavy (non-hydrogen) atoms. The Hall–Kier alpha value is -2.52. The Kier molecular flexibility index (Phi) is 27.4. The number of benzene rings is 1. The maximum atomic E-state index is 4.89. The minimum Gasteiger partial charge on any atom is -0.405 e. The number of likely N-dealkylation sites (N-methyl/N-ethyl adjacent to an activating group) is 1. The third-order valence-electron chi connectivity index (χ3n) is 4.64. The summed E-state index contributed by atoms with van der Waals surface area (Å²) in [6.45, 7) is 22.0. The second kappa shape index (κ2) is 25.7. The predicted octanol–water partition coefficient (Wildman–Crippen LogP) is 6.66. The van der Waals surface area contributed by atoms with Gasteiger partial charge in [-0.2, -0.15) is 0 Å². The molecule has 3 nitrogen and oxygen atoms in total. The first kappa shape index (κ1) is 35.1. The van der Waals surface area contributed by atoms with E-state index in [1.54, 1.807) is 18.2 Å². The van der Waals surface area contributed by atoms with Crippen LogP contribution in [-0.4, -0.2) is 27.2 Å². The van der Waals surface area contributed by atoms with E-state index in [1.165, 1.54) is 43.4 Å². The number of nitrogens with two attached hydrogens (primary N) is 2. The zero-order valence-corrected chi connectivity index (χ0v) is 23.0. The largest absolute Gasteiger partial charge is 0.405 e. The molecule has 1 aliphatic heterocycles. The molecule has 0 saturated heterocycles. The summed E-state index contributed by atoms with van der Waals surface area (Å²) in [6.07, 6.45) is 18.4. The van der Waals surface area contributed by atoms with Gasteiger partial charge in [-0.25, -0.2) is 0 Å². The van der Waals surface area contributed by atoms with Crippen molar-refractivity contribution in [3.05, 3.63) is 91.7 Å². The molecule has 188 valence electrons. The Morgan fingerprint density at radius 1 is 1.00 bits per heavy atom. The van der Waals surface area contributed by atoms with Crippen molar-refractivity contribution in [2.75, 3.05) is 32.1 Å². The van der Waals surface area contributed by atoms with Crippen LogP contribution in [-0.2, 0) is 6.42 Å². The number of rotatable bonds is 8. The van der Waals surface area contributed by atoms with Crippen LogP contribution in [0.2, 0.25) is 0 Å². The summed E-state index contributed by atoms with van der Waals surface area (Å²) in [6, 6.07) is 8.60. The van der Waals surface area contributed by atoms with E-state index in [-0.39, 0.29) is 0 Å². The Balaban J connectivity index is -0.000000411. The summed E-state index contributed by atoms with van der Waals surface area (Å²) in [7, 11) is 4.27. The van der Waals surface area contributed by atoms with E-state index in [0.717, 1.165) is 6.42 Å². The monoisotopic (exact) mass is 456 g/mol. The van der Waals surface area contributed by atoms with Gasteiger partial charge in [0, 0.05) is 25.7 Å². The number of nitrogens with zero attached hydrogens (tertiary/aromatic N) is 1. The average molecular weight is 457 g/mol. The summed E-state index contributed by atoms with van der Waals surface area (Å²) >= 11 is 0. The van der Waals surface area contributed by atoms with Gasteiger partial charge in [-0.3, -0.25) is 0 Å². The second-order valence-electron chi connectivity index (χ2n) is 7.78. The molecule has 0 unspecified atom stereocenters. The zero-order valence-electron chi connectivity index (χ0n) is 23.0. The van der Waals surface area contributed by atoms with Crippen molar-refractivity contribution < 1.29 is 5.32 Å². The topological polar surface area (TPSA) is 45.9 Å². The molecule has 0 bridgehead atoms. The van der Waals surface area contributed by atoms with Crippen molar-refractivity contribution >= 4 is 5.69 Å². The molecule has 1 heterocycles. The van der Waals surface area contributed by atoms with E-state index < -0.39 is 0 Å². The van der Waals surface area contributed by atoms with Gasteiger partial charge in [-0.05, 0) is 42.2 Å². The van der Waals surface area contributed by atoms with E-state index in [1.807, 2.05) is 39.8 Å². The lowest BCUT2D eigenvalue weighted by molar-refractivity contribution is -0.628. The molecule has 0 aliphatic carbocycles. The van der Waals surface area contributed by atoms with Gasteiger partial charge in [0.2, 0.25) is 0 Å². The highest BCUT2D eigenvalue weighted by atomic mass is 15.1. The minimum atomic E-state index is 0.422. The van der Waals surface area contributed by atoms with Gasteiger partial charge >= 0.3 is 0 Å². The minimum absolute atomic E-state index is 0.422. The molecule has 0 atom stereocenters. The quantitative estimate of drug-likeness (QED) is 0.430. The van der Waals surface area contributed by atoms with Crippen molar-refractivity contribution in [2.45, 2.75) is 60.8 Å². The SMILES string of the molecule is C=C/C=C/C=C/CC(C)(C)CC[NH2+]C.C=C/C=C\N.CC.CC.CN1CCc2ccccc21. The normalized spacial score (nSPS) is 11.8. The summed E-state index contributed by atoms with van der Waals surface area (Å²) in [5.41, 5.74) is 8.20. The third kappa shape index (κ3) is 21.1. The molecule has 0 amide bonds. The molecule has 0 aromatic heterocycles. The molecule has 1 aliphatic rings.